The molecule has 0 aromatic heterocycles. The van der Waals surface area contributed by atoms with Crippen molar-refractivity contribution in [2.24, 2.45) is 11.8 Å². The van der Waals surface area contributed by atoms with Gasteiger partial charge in [-0.25, -0.2) is 0 Å². The summed E-state index contributed by atoms with van der Waals surface area (Å²) in [6.07, 6.45) is 4.16. The molecule has 0 spiro atoms. The van der Waals surface area contributed by atoms with Gasteiger partial charge in [0.2, 0.25) is 0 Å². The molecule has 0 aromatic carbocycles. The number of nitrogens with one attached hydrogen (secondary N) is 1. The minimum atomic E-state index is 0.903. The van der Waals surface area contributed by atoms with Crippen LogP contribution in [0.4, 0.5) is 0 Å². The van der Waals surface area contributed by atoms with E-state index in [1.807, 2.05) is 0 Å². The van der Waals surface area contributed by atoms with E-state index < -0.39 is 0 Å². The Hall–Kier alpha value is -0.160. The van der Waals surface area contributed by atoms with E-state index in [0.717, 1.165) is 38.1 Å². The molecule has 4 heteroatoms. The van der Waals surface area contributed by atoms with E-state index in [-0.39, 0.29) is 0 Å². The Labute approximate surface area is 117 Å². The second-order valence-electron chi connectivity index (χ2n) is 6.52. The van der Waals surface area contributed by atoms with Gasteiger partial charge in [0.05, 0.1) is 13.2 Å². The highest BCUT2D eigenvalue weighted by Crippen LogP contribution is 2.21. The minimum absolute atomic E-state index is 0.903. The van der Waals surface area contributed by atoms with E-state index in [1.54, 1.807) is 0 Å². The minimum Gasteiger partial charge on any atom is -0.379 e. The zero-order valence-corrected chi connectivity index (χ0v) is 12.1. The van der Waals surface area contributed by atoms with E-state index in [9.17, 15) is 0 Å². The summed E-state index contributed by atoms with van der Waals surface area (Å²) in [5.41, 5.74) is 0. The van der Waals surface area contributed by atoms with Gasteiger partial charge in [0.25, 0.3) is 0 Å². The van der Waals surface area contributed by atoms with E-state index in [2.05, 4.69) is 15.1 Å². The molecule has 3 aliphatic heterocycles. The van der Waals surface area contributed by atoms with E-state index in [1.165, 1.54) is 58.5 Å². The van der Waals surface area contributed by atoms with Gasteiger partial charge >= 0.3 is 0 Å². The Bertz CT molecular complexity index is 236. The number of morpholine rings is 1. The molecule has 4 nitrogen and oxygen atoms in total. The second kappa shape index (κ2) is 7.02. The Balaban J connectivity index is 1.37. The summed E-state index contributed by atoms with van der Waals surface area (Å²) in [5.74, 6) is 1.85. The smallest absolute Gasteiger partial charge is 0.0594 e. The van der Waals surface area contributed by atoms with Crippen LogP contribution in [0.15, 0.2) is 0 Å². The molecule has 0 saturated carbocycles. The summed E-state index contributed by atoms with van der Waals surface area (Å²) in [6, 6.07) is 0. The van der Waals surface area contributed by atoms with Gasteiger partial charge < -0.3 is 15.0 Å². The molecule has 3 aliphatic rings. The molecule has 1 N–H and O–H groups in total. The van der Waals surface area contributed by atoms with Crippen LogP contribution in [0.3, 0.4) is 0 Å². The fourth-order valence-corrected chi connectivity index (χ4v) is 3.81. The maximum absolute atomic E-state index is 5.43. The summed E-state index contributed by atoms with van der Waals surface area (Å²) in [4.78, 5) is 5.32. The third-order valence-electron chi connectivity index (χ3n) is 4.97. The third kappa shape index (κ3) is 4.15. The van der Waals surface area contributed by atoms with Crippen LogP contribution in [0.5, 0.6) is 0 Å². The van der Waals surface area contributed by atoms with Gasteiger partial charge in [-0.2, -0.15) is 0 Å². The van der Waals surface area contributed by atoms with Crippen molar-refractivity contribution in [1.29, 1.82) is 0 Å². The summed E-state index contributed by atoms with van der Waals surface area (Å²) in [6.45, 7) is 11.9. The second-order valence-corrected chi connectivity index (χ2v) is 6.52. The zero-order valence-electron chi connectivity index (χ0n) is 12.1. The molecule has 3 rings (SSSR count). The monoisotopic (exact) mass is 267 g/mol. The molecule has 0 bridgehead atoms. The predicted molar refractivity (Wildman–Crippen MR) is 77.4 cm³/mol. The number of piperidine rings is 1. The van der Waals surface area contributed by atoms with Crippen LogP contribution in [0.2, 0.25) is 0 Å². The largest absolute Gasteiger partial charge is 0.379 e. The SMILES string of the molecule is C1CC(CN2CCC(CN3CCOCC3)C2)CCN1. The van der Waals surface area contributed by atoms with Crippen molar-refractivity contribution in [2.45, 2.75) is 19.3 Å². The molecule has 0 aliphatic carbocycles. The van der Waals surface area contributed by atoms with Gasteiger partial charge in [-0.1, -0.05) is 0 Å². The number of hydrogen-bond acceptors (Lipinski definition) is 4. The average Bonchev–Trinajstić information content (AvgIpc) is 2.88. The zero-order chi connectivity index (χ0) is 12.9. The fraction of sp³-hybridized carbons (Fsp3) is 1.00. The molecule has 3 heterocycles. The first-order valence-electron chi connectivity index (χ1n) is 8.13. The van der Waals surface area contributed by atoms with Crippen molar-refractivity contribution >= 4 is 0 Å². The number of hydrogen-bond donors (Lipinski definition) is 1. The first-order valence-corrected chi connectivity index (χ1v) is 8.13. The Kier molecular flexibility index (Phi) is 5.10. The average molecular weight is 267 g/mol. The molecule has 0 aromatic rings. The molecular weight excluding hydrogens is 238 g/mol. The number of ether oxygens (including phenoxy) is 1. The Morgan fingerprint density at radius 2 is 1.58 bits per heavy atom. The first-order chi connectivity index (χ1) is 9.40. The fourth-order valence-electron chi connectivity index (χ4n) is 3.81. The summed E-state index contributed by atoms with van der Waals surface area (Å²) >= 11 is 0. The van der Waals surface area contributed by atoms with Crippen molar-refractivity contribution in [3.63, 3.8) is 0 Å². The molecule has 0 amide bonds. The standard InChI is InChI=1S/C15H29N3O/c1-4-16-5-2-14(1)11-18-6-3-15(13-18)12-17-7-9-19-10-8-17/h14-16H,1-13H2. The summed E-state index contributed by atoms with van der Waals surface area (Å²) in [5, 5.41) is 3.47. The molecule has 0 radical (unpaired) electrons. The lowest BCUT2D eigenvalue weighted by Gasteiger charge is -2.30. The van der Waals surface area contributed by atoms with Gasteiger partial charge in [0, 0.05) is 32.7 Å². The van der Waals surface area contributed by atoms with Crippen LogP contribution in [0.1, 0.15) is 19.3 Å². The molecule has 3 fully saturated rings. The topological polar surface area (TPSA) is 27.7 Å². The van der Waals surface area contributed by atoms with E-state index in [4.69, 9.17) is 4.74 Å². The number of nitrogens with zero attached hydrogens (tertiary/aromatic N) is 2. The van der Waals surface area contributed by atoms with Crippen molar-refractivity contribution in [3.05, 3.63) is 0 Å². The third-order valence-corrected chi connectivity index (χ3v) is 4.97. The lowest BCUT2D eigenvalue weighted by Crippen LogP contribution is -2.40. The van der Waals surface area contributed by atoms with Gasteiger partial charge in [-0.15, -0.1) is 0 Å². The van der Waals surface area contributed by atoms with Crippen LogP contribution in [-0.4, -0.2) is 75.4 Å². The highest BCUT2D eigenvalue weighted by molar-refractivity contribution is 4.81. The first kappa shape index (κ1) is 13.8. The van der Waals surface area contributed by atoms with Gasteiger partial charge in [-0.3, -0.25) is 4.90 Å². The lowest BCUT2D eigenvalue weighted by molar-refractivity contribution is 0.0311. The highest BCUT2D eigenvalue weighted by atomic mass is 16.5. The highest BCUT2D eigenvalue weighted by Gasteiger charge is 2.27. The molecular formula is C15H29N3O. The van der Waals surface area contributed by atoms with Gasteiger partial charge in [-0.05, 0) is 50.7 Å². The van der Waals surface area contributed by atoms with Crippen molar-refractivity contribution in [3.8, 4) is 0 Å². The van der Waals surface area contributed by atoms with E-state index >= 15 is 0 Å². The quantitative estimate of drug-likeness (QED) is 0.809. The molecule has 1 unspecified atom stereocenters. The Morgan fingerprint density at radius 1 is 0.842 bits per heavy atom. The molecule has 19 heavy (non-hydrogen) atoms. The normalized spacial score (nSPS) is 31.9. The predicted octanol–water partition coefficient (Wildman–Crippen LogP) is 0.640. The summed E-state index contributed by atoms with van der Waals surface area (Å²) < 4.78 is 5.43. The van der Waals surface area contributed by atoms with Crippen molar-refractivity contribution in [1.82, 2.24) is 15.1 Å². The van der Waals surface area contributed by atoms with Crippen LogP contribution in [0.25, 0.3) is 0 Å². The summed E-state index contributed by atoms with van der Waals surface area (Å²) in [7, 11) is 0. The van der Waals surface area contributed by atoms with Crippen molar-refractivity contribution in [2.75, 3.05) is 65.6 Å². The Morgan fingerprint density at radius 3 is 2.37 bits per heavy atom. The van der Waals surface area contributed by atoms with Crippen LogP contribution in [0, 0.1) is 11.8 Å². The lowest BCUT2D eigenvalue weighted by atomic mass is 9.98. The number of likely N-dealkylation sites (tertiary alicyclic amines) is 1. The maximum Gasteiger partial charge on any atom is 0.0594 e. The maximum atomic E-state index is 5.43. The molecule has 110 valence electrons. The number of rotatable bonds is 4. The van der Waals surface area contributed by atoms with Crippen LogP contribution < -0.4 is 5.32 Å². The van der Waals surface area contributed by atoms with Crippen LogP contribution in [-0.2, 0) is 4.74 Å². The molecule has 3 saturated heterocycles. The van der Waals surface area contributed by atoms with Gasteiger partial charge in [0.15, 0.2) is 0 Å². The van der Waals surface area contributed by atoms with Crippen LogP contribution >= 0.6 is 0 Å². The van der Waals surface area contributed by atoms with Gasteiger partial charge in [0.1, 0.15) is 0 Å². The molecule has 1 atom stereocenters. The van der Waals surface area contributed by atoms with E-state index in [0.29, 0.717) is 0 Å². The van der Waals surface area contributed by atoms with Crippen molar-refractivity contribution < 1.29 is 4.74 Å².